The van der Waals surface area contributed by atoms with E-state index in [-0.39, 0.29) is 12.0 Å². The van der Waals surface area contributed by atoms with E-state index in [1.165, 1.54) is 0 Å². The lowest BCUT2D eigenvalue weighted by Crippen LogP contribution is -2.51. The maximum atomic E-state index is 12.8. The van der Waals surface area contributed by atoms with Crippen molar-refractivity contribution in [2.75, 3.05) is 32.7 Å². The number of ether oxygens (including phenoxy) is 2. The number of benzene rings is 1. The minimum absolute atomic E-state index is 0.0416. The summed E-state index contributed by atoms with van der Waals surface area (Å²) in [5.74, 6) is 1.41. The third-order valence-electron chi connectivity index (χ3n) is 4.43. The molecule has 22 heavy (non-hydrogen) atoms. The largest absolute Gasteiger partial charge is 0.482 e. The standard InChI is InChI=1S/C17H24N2O3/c1-3-18-9-6-10-19(12-11-18)17(20)16-13(2)21-14-7-4-5-8-15(14)22-16/h4-5,7-8,13,16H,3,6,9-12H2,1-2H3/t13-,16+/m0/s1. The van der Waals surface area contributed by atoms with E-state index >= 15 is 0 Å². The molecule has 2 aliphatic rings. The molecule has 0 radical (unpaired) electrons. The summed E-state index contributed by atoms with van der Waals surface area (Å²) >= 11 is 0. The van der Waals surface area contributed by atoms with E-state index in [0.29, 0.717) is 11.5 Å². The molecule has 0 aliphatic carbocycles. The number of amides is 1. The van der Waals surface area contributed by atoms with E-state index in [1.54, 1.807) is 0 Å². The van der Waals surface area contributed by atoms with Gasteiger partial charge in [0.05, 0.1) is 0 Å². The quantitative estimate of drug-likeness (QED) is 0.835. The molecule has 0 unspecified atom stereocenters. The van der Waals surface area contributed by atoms with Crippen LogP contribution >= 0.6 is 0 Å². The fourth-order valence-corrected chi connectivity index (χ4v) is 3.08. The van der Waals surface area contributed by atoms with Gasteiger partial charge in [0, 0.05) is 19.6 Å². The lowest BCUT2D eigenvalue weighted by Gasteiger charge is -2.34. The highest BCUT2D eigenvalue weighted by Crippen LogP contribution is 2.33. The van der Waals surface area contributed by atoms with Crippen LogP contribution in [0.3, 0.4) is 0 Å². The first kappa shape index (κ1) is 15.2. The third kappa shape index (κ3) is 3.04. The Kier molecular flexibility index (Phi) is 4.52. The van der Waals surface area contributed by atoms with Gasteiger partial charge in [0.1, 0.15) is 6.10 Å². The molecule has 1 saturated heterocycles. The molecule has 0 aromatic heterocycles. The highest BCUT2D eigenvalue weighted by atomic mass is 16.6. The van der Waals surface area contributed by atoms with Crippen LogP contribution in [0.25, 0.3) is 0 Å². The number of rotatable bonds is 2. The maximum absolute atomic E-state index is 12.8. The van der Waals surface area contributed by atoms with Gasteiger partial charge in [0.2, 0.25) is 6.10 Å². The molecule has 1 fully saturated rings. The van der Waals surface area contributed by atoms with Crippen molar-refractivity contribution >= 4 is 5.91 Å². The number of carbonyl (C=O) groups excluding carboxylic acids is 1. The first-order valence-electron chi connectivity index (χ1n) is 8.12. The Morgan fingerprint density at radius 2 is 1.86 bits per heavy atom. The van der Waals surface area contributed by atoms with Crippen molar-refractivity contribution < 1.29 is 14.3 Å². The van der Waals surface area contributed by atoms with Crippen molar-refractivity contribution in [3.63, 3.8) is 0 Å². The summed E-state index contributed by atoms with van der Waals surface area (Å²) in [5, 5.41) is 0. The summed E-state index contributed by atoms with van der Waals surface area (Å²) in [6, 6.07) is 7.52. The zero-order chi connectivity index (χ0) is 15.5. The molecule has 1 aromatic carbocycles. The minimum atomic E-state index is -0.553. The average Bonchev–Trinajstić information content (AvgIpc) is 2.79. The zero-order valence-electron chi connectivity index (χ0n) is 13.3. The molecular formula is C17H24N2O3. The molecule has 1 amide bonds. The van der Waals surface area contributed by atoms with Crippen LogP contribution in [0.2, 0.25) is 0 Å². The molecule has 2 aliphatic heterocycles. The van der Waals surface area contributed by atoms with Crippen molar-refractivity contribution in [2.45, 2.75) is 32.5 Å². The Morgan fingerprint density at radius 1 is 1.14 bits per heavy atom. The Hall–Kier alpha value is -1.75. The van der Waals surface area contributed by atoms with Crippen LogP contribution in [0.4, 0.5) is 0 Å². The predicted molar refractivity (Wildman–Crippen MR) is 84.3 cm³/mol. The van der Waals surface area contributed by atoms with Crippen molar-refractivity contribution in [3.8, 4) is 11.5 Å². The van der Waals surface area contributed by atoms with Crippen molar-refractivity contribution in [1.82, 2.24) is 9.80 Å². The number of fused-ring (bicyclic) bond motifs is 1. The first-order valence-corrected chi connectivity index (χ1v) is 8.12. The van der Waals surface area contributed by atoms with Gasteiger partial charge in [-0.15, -0.1) is 0 Å². The Balaban J connectivity index is 1.70. The summed E-state index contributed by atoms with van der Waals surface area (Å²) in [7, 11) is 0. The molecule has 2 atom stereocenters. The fourth-order valence-electron chi connectivity index (χ4n) is 3.08. The minimum Gasteiger partial charge on any atom is -0.482 e. The van der Waals surface area contributed by atoms with Crippen LogP contribution in [0.5, 0.6) is 11.5 Å². The summed E-state index contributed by atoms with van der Waals surface area (Å²) in [4.78, 5) is 17.1. The van der Waals surface area contributed by atoms with Crippen molar-refractivity contribution in [1.29, 1.82) is 0 Å². The molecular weight excluding hydrogens is 280 g/mol. The van der Waals surface area contributed by atoms with Gasteiger partial charge in [-0.05, 0) is 38.6 Å². The van der Waals surface area contributed by atoms with E-state index in [0.717, 1.165) is 39.1 Å². The van der Waals surface area contributed by atoms with E-state index in [9.17, 15) is 4.79 Å². The molecule has 0 saturated carbocycles. The second-order valence-electron chi connectivity index (χ2n) is 5.92. The van der Waals surface area contributed by atoms with Gasteiger partial charge in [-0.25, -0.2) is 0 Å². The molecule has 5 nitrogen and oxygen atoms in total. The van der Waals surface area contributed by atoms with Crippen LogP contribution in [-0.2, 0) is 4.79 Å². The summed E-state index contributed by atoms with van der Waals surface area (Å²) in [6.45, 7) is 8.64. The van der Waals surface area contributed by atoms with E-state index in [2.05, 4.69) is 11.8 Å². The monoisotopic (exact) mass is 304 g/mol. The molecule has 5 heteroatoms. The maximum Gasteiger partial charge on any atom is 0.267 e. The highest BCUT2D eigenvalue weighted by molar-refractivity contribution is 5.82. The summed E-state index contributed by atoms with van der Waals surface area (Å²) in [5.41, 5.74) is 0. The molecule has 2 heterocycles. The number of hydrogen-bond acceptors (Lipinski definition) is 4. The van der Waals surface area contributed by atoms with Gasteiger partial charge < -0.3 is 19.3 Å². The lowest BCUT2D eigenvalue weighted by molar-refractivity contribution is -0.144. The SMILES string of the molecule is CCN1CCCN(C(=O)[C@@H]2Oc3ccccc3O[C@H]2C)CC1. The average molecular weight is 304 g/mol. The normalized spacial score (nSPS) is 25.6. The topological polar surface area (TPSA) is 42.0 Å². The number of para-hydroxylation sites is 2. The van der Waals surface area contributed by atoms with Crippen LogP contribution < -0.4 is 9.47 Å². The van der Waals surface area contributed by atoms with Gasteiger partial charge in [0.15, 0.2) is 11.5 Å². The van der Waals surface area contributed by atoms with Crippen LogP contribution in [0.1, 0.15) is 20.3 Å². The van der Waals surface area contributed by atoms with Gasteiger partial charge in [-0.1, -0.05) is 19.1 Å². The zero-order valence-corrected chi connectivity index (χ0v) is 13.3. The molecule has 0 N–H and O–H groups in total. The number of likely N-dealkylation sites (N-methyl/N-ethyl adjacent to an activating group) is 1. The first-order chi connectivity index (χ1) is 10.7. The molecule has 0 spiro atoms. The van der Waals surface area contributed by atoms with E-state index in [1.807, 2.05) is 36.1 Å². The Bertz CT molecular complexity index is 534. The number of hydrogen-bond donors (Lipinski definition) is 0. The molecule has 1 aromatic rings. The van der Waals surface area contributed by atoms with Gasteiger partial charge in [-0.2, -0.15) is 0 Å². The van der Waals surface area contributed by atoms with Crippen molar-refractivity contribution in [2.24, 2.45) is 0 Å². The van der Waals surface area contributed by atoms with Crippen LogP contribution in [0.15, 0.2) is 24.3 Å². The summed E-state index contributed by atoms with van der Waals surface area (Å²) in [6.07, 6.45) is 0.189. The molecule has 120 valence electrons. The molecule has 3 rings (SSSR count). The van der Waals surface area contributed by atoms with Gasteiger partial charge >= 0.3 is 0 Å². The number of nitrogens with zero attached hydrogens (tertiary/aromatic N) is 2. The van der Waals surface area contributed by atoms with Crippen molar-refractivity contribution in [3.05, 3.63) is 24.3 Å². The van der Waals surface area contributed by atoms with E-state index < -0.39 is 6.10 Å². The third-order valence-corrected chi connectivity index (χ3v) is 4.43. The van der Waals surface area contributed by atoms with E-state index in [4.69, 9.17) is 9.47 Å². The van der Waals surface area contributed by atoms with Crippen LogP contribution in [-0.4, -0.2) is 60.6 Å². The second-order valence-corrected chi connectivity index (χ2v) is 5.92. The number of carbonyl (C=O) groups is 1. The Morgan fingerprint density at radius 3 is 2.59 bits per heavy atom. The summed E-state index contributed by atoms with van der Waals surface area (Å²) < 4.78 is 11.8. The lowest BCUT2D eigenvalue weighted by atomic mass is 10.1. The smallest absolute Gasteiger partial charge is 0.267 e. The van der Waals surface area contributed by atoms with Gasteiger partial charge in [0.25, 0.3) is 5.91 Å². The van der Waals surface area contributed by atoms with Crippen LogP contribution in [0, 0.1) is 0 Å². The Labute approximate surface area is 131 Å². The predicted octanol–water partition coefficient (Wildman–Crippen LogP) is 1.77. The highest BCUT2D eigenvalue weighted by Gasteiger charge is 2.37. The van der Waals surface area contributed by atoms with Gasteiger partial charge in [-0.3, -0.25) is 4.79 Å². The molecule has 0 bridgehead atoms. The second kappa shape index (κ2) is 6.57. The fraction of sp³-hybridized carbons (Fsp3) is 0.588.